The maximum absolute atomic E-state index is 12.8. The molecule has 2 aromatic carbocycles. The van der Waals surface area contributed by atoms with Gasteiger partial charge in [0.05, 0.1) is 11.6 Å². The standard InChI is InChI=1S/C23H28N2O5Si/c1-15-18-7-6-17(26)12-19(18)22(27)24(15)13-16-5-8-20-21(11-16)30-23(28)25(20)14-29-9-10-31(2,3)4/h5-8,11-12,15,26H,9-10,13-14H2,1-4H3. The molecule has 7 nitrogen and oxygen atoms in total. The molecule has 0 bridgehead atoms. The Morgan fingerprint density at radius 1 is 1.13 bits per heavy atom. The number of benzene rings is 2. The van der Waals surface area contributed by atoms with Crippen LogP contribution in [-0.2, 0) is 18.0 Å². The van der Waals surface area contributed by atoms with E-state index in [1.54, 1.807) is 23.1 Å². The Morgan fingerprint density at radius 3 is 2.65 bits per heavy atom. The van der Waals surface area contributed by atoms with Crippen LogP contribution in [-0.4, -0.2) is 35.2 Å². The van der Waals surface area contributed by atoms with Gasteiger partial charge in [0.25, 0.3) is 5.91 Å². The summed E-state index contributed by atoms with van der Waals surface area (Å²) < 4.78 is 12.6. The minimum absolute atomic E-state index is 0.0812. The Hall–Kier alpha value is -2.84. The van der Waals surface area contributed by atoms with Gasteiger partial charge < -0.3 is 19.2 Å². The second-order valence-electron chi connectivity index (χ2n) is 9.33. The average Bonchev–Trinajstić information content (AvgIpc) is 3.12. The van der Waals surface area contributed by atoms with Gasteiger partial charge >= 0.3 is 5.76 Å². The Morgan fingerprint density at radius 2 is 1.90 bits per heavy atom. The van der Waals surface area contributed by atoms with E-state index >= 15 is 0 Å². The van der Waals surface area contributed by atoms with Crippen LogP contribution in [0.5, 0.6) is 5.75 Å². The predicted molar refractivity (Wildman–Crippen MR) is 121 cm³/mol. The fourth-order valence-electron chi connectivity index (χ4n) is 3.86. The lowest BCUT2D eigenvalue weighted by Crippen LogP contribution is -2.26. The molecule has 1 atom stereocenters. The molecule has 0 saturated heterocycles. The average molecular weight is 441 g/mol. The van der Waals surface area contributed by atoms with Crippen molar-refractivity contribution in [1.82, 2.24) is 9.47 Å². The number of fused-ring (bicyclic) bond motifs is 2. The molecule has 1 aliphatic rings. The molecule has 0 fully saturated rings. The number of hydrogen-bond acceptors (Lipinski definition) is 5. The molecule has 1 unspecified atom stereocenters. The molecular weight excluding hydrogens is 412 g/mol. The van der Waals surface area contributed by atoms with Crippen LogP contribution in [0.4, 0.5) is 0 Å². The summed E-state index contributed by atoms with van der Waals surface area (Å²) in [6.45, 7) is 9.98. The highest BCUT2D eigenvalue weighted by Crippen LogP contribution is 2.36. The van der Waals surface area contributed by atoms with E-state index in [2.05, 4.69) is 19.6 Å². The minimum atomic E-state index is -1.19. The molecule has 0 radical (unpaired) electrons. The fourth-order valence-corrected chi connectivity index (χ4v) is 4.62. The van der Waals surface area contributed by atoms with E-state index in [1.165, 1.54) is 10.6 Å². The largest absolute Gasteiger partial charge is 0.508 e. The number of amides is 1. The Kier molecular flexibility index (Phi) is 5.53. The molecule has 1 N–H and O–H groups in total. The first-order valence-corrected chi connectivity index (χ1v) is 14.2. The van der Waals surface area contributed by atoms with Gasteiger partial charge in [0.15, 0.2) is 5.58 Å². The third-order valence-corrected chi connectivity index (χ3v) is 7.45. The molecule has 1 aromatic heterocycles. The van der Waals surface area contributed by atoms with Gasteiger partial charge in [0, 0.05) is 26.8 Å². The highest BCUT2D eigenvalue weighted by Gasteiger charge is 2.34. The number of aromatic nitrogens is 1. The Bertz CT molecular complexity index is 1190. The van der Waals surface area contributed by atoms with Gasteiger partial charge in [-0.1, -0.05) is 31.8 Å². The fraction of sp³-hybridized carbons (Fsp3) is 0.391. The topological polar surface area (TPSA) is 84.9 Å². The molecule has 0 saturated carbocycles. The normalized spacial score (nSPS) is 16.3. The number of carbonyl (C=O) groups is 1. The summed E-state index contributed by atoms with van der Waals surface area (Å²) in [5, 5.41) is 9.72. The van der Waals surface area contributed by atoms with Crippen LogP contribution in [0.25, 0.3) is 11.1 Å². The highest BCUT2D eigenvalue weighted by molar-refractivity contribution is 6.76. The third-order valence-electron chi connectivity index (χ3n) is 5.75. The lowest BCUT2D eigenvalue weighted by Gasteiger charge is -2.22. The van der Waals surface area contributed by atoms with E-state index in [9.17, 15) is 14.7 Å². The second-order valence-corrected chi connectivity index (χ2v) is 14.9. The first-order valence-electron chi connectivity index (χ1n) is 10.5. The van der Waals surface area contributed by atoms with Gasteiger partial charge in [0.1, 0.15) is 12.5 Å². The number of rotatable bonds is 7. The number of ether oxygens (including phenoxy) is 1. The van der Waals surface area contributed by atoms with Crippen molar-refractivity contribution in [2.45, 2.75) is 51.9 Å². The molecule has 1 aliphatic heterocycles. The summed E-state index contributed by atoms with van der Waals surface area (Å²) in [7, 11) is -1.19. The molecule has 31 heavy (non-hydrogen) atoms. The van der Waals surface area contributed by atoms with Crippen molar-refractivity contribution in [1.29, 1.82) is 0 Å². The third kappa shape index (κ3) is 4.31. The number of hydrogen-bond donors (Lipinski definition) is 1. The van der Waals surface area contributed by atoms with Crippen LogP contribution < -0.4 is 5.76 Å². The molecule has 2 heterocycles. The predicted octanol–water partition coefficient (Wildman–Crippen LogP) is 4.33. The molecule has 0 aliphatic carbocycles. The van der Waals surface area contributed by atoms with Crippen molar-refractivity contribution in [3.8, 4) is 5.75 Å². The second kappa shape index (κ2) is 8.01. The first kappa shape index (κ1) is 21.4. The van der Waals surface area contributed by atoms with Crippen LogP contribution in [0.2, 0.25) is 25.7 Å². The zero-order chi connectivity index (χ0) is 22.3. The van der Waals surface area contributed by atoms with Crippen molar-refractivity contribution >= 4 is 25.1 Å². The van der Waals surface area contributed by atoms with Crippen LogP contribution in [0, 0.1) is 0 Å². The van der Waals surface area contributed by atoms with Crippen LogP contribution in [0.1, 0.15) is 34.5 Å². The zero-order valence-corrected chi connectivity index (χ0v) is 19.3. The number of phenolic OH excluding ortho intramolecular Hbond substituents is 1. The SMILES string of the molecule is CC1c2ccc(O)cc2C(=O)N1Cc1ccc2c(c1)oc(=O)n2COCC[Si](C)(C)C. The van der Waals surface area contributed by atoms with E-state index in [1.807, 2.05) is 19.1 Å². The van der Waals surface area contributed by atoms with Crippen molar-refractivity contribution < 1.29 is 19.1 Å². The first-order chi connectivity index (χ1) is 14.6. The van der Waals surface area contributed by atoms with Crippen molar-refractivity contribution in [3.63, 3.8) is 0 Å². The molecule has 8 heteroatoms. The summed E-state index contributed by atoms with van der Waals surface area (Å²) in [4.78, 5) is 26.9. The monoisotopic (exact) mass is 440 g/mol. The molecule has 0 spiro atoms. The number of oxazole rings is 1. The van der Waals surface area contributed by atoms with Crippen molar-refractivity contribution in [3.05, 3.63) is 63.6 Å². The number of aromatic hydroxyl groups is 1. The van der Waals surface area contributed by atoms with Gasteiger partial charge in [-0.15, -0.1) is 0 Å². The van der Waals surface area contributed by atoms with Crippen LogP contribution in [0.3, 0.4) is 0 Å². The molecule has 4 rings (SSSR count). The summed E-state index contributed by atoms with van der Waals surface area (Å²) in [6.07, 6.45) is 0. The molecule has 164 valence electrons. The van der Waals surface area contributed by atoms with Gasteiger partial charge in [-0.25, -0.2) is 9.36 Å². The Balaban J connectivity index is 1.50. The Labute approximate surface area is 181 Å². The number of nitrogens with zero attached hydrogens (tertiary/aromatic N) is 2. The summed E-state index contributed by atoms with van der Waals surface area (Å²) >= 11 is 0. The minimum Gasteiger partial charge on any atom is -0.508 e. The van der Waals surface area contributed by atoms with E-state index in [4.69, 9.17) is 9.15 Å². The van der Waals surface area contributed by atoms with Gasteiger partial charge in [-0.3, -0.25) is 4.79 Å². The van der Waals surface area contributed by atoms with Gasteiger partial charge in [-0.05, 0) is 48.4 Å². The molecular formula is C23H28N2O5Si. The molecule has 3 aromatic rings. The zero-order valence-electron chi connectivity index (χ0n) is 18.3. The smallest absolute Gasteiger partial charge is 0.421 e. The summed E-state index contributed by atoms with van der Waals surface area (Å²) in [5.41, 5.74) is 3.45. The van der Waals surface area contributed by atoms with Crippen molar-refractivity contribution in [2.75, 3.05) is 6.61 Å². The van der Waals surface area contributed by atoms with E-state index in [0.29, 0.717) is 29.8 Å². The highest BCUT2D eigenvalue weighted by atomic mass is 28.3. The van der Waals surface area contributed by atoms with E-state index in [0.717, 1.165) is 17.2 Å². The summed E-state index contributed by atoms with van der Waals surface area (Å²) in [5.74, 6) is -0.486. The van der Waals surface area contributed by atoms with Crippen molar-refractivity contribution in [2.24, 2.45) is 0 Å². The maximum Gasteiger partial charge on any atom is 0.421 e. The lowest BCUT2D eigenvalue weighted by atomic mass is 10.1. The maximum atomic E-state index is 12.8. The number of phenols is 1. The van der Waals surface area contributed by atoms with Crippen LogP contribution >= 0.6 is 0 Å². The van der Waals surface area contributed by atoms with Crippen LogP contribution in [0.15, 0.2) is 45.6 Å². The number of carbonyl (C=O) groups excluding carboxylic acids is 1. The lowest BCUT2D eigenvalue weighted by molar-refractivity contribution is 0.0722. The van der Waals surface area contributed by atoms with E-state index < -0.39 is 13.8 Å². The quantitative estimate of drug-likeness (QED) is 0.437. The van der Waals surface area contributed by atoms with Gasteiger partial charge in [-0.2, -0.15) is 0 Å². The van der Waals surface area contributed by atoms with E-state index in [-0.39, 0.29) is 24.4 Å². The van der Waals surface area contributed by atoms with Gasteiger partial charge in [0.2, 0.25) is 0 Å². The molecule has 1 amide bonds. The summed E-state index contributed by atoms with van der Waals surface area (Å²) in [6, 6.07) is 11.4.